The Hall–Kier alpha value is -5.47. The van der Waals surface area contributed by atoms with Gasteiger partial charge in [-0.25, -0.2) is 4.98 Å². The third kappa shape index (κ3) is 4.36. The molecule has 220 valence electrons. The highest BCUT2D eigenvalue weighted by molar-refractivity contribution is 6.11. The molecule has 0 N–H and O–H groups in total. The van der Waals surface area contributed by atoms with E-state index in [1.54, 1.807) is 0 Å². The molecule has 2 aliphatic carbocycles. The van der Waals surface area contributed by atoms with Crippen molar-refractivity contribution in [1.82, 2.24) is 9.55 Å². The Morgan fingerprint density at radius 3 is 2.22 bits per heavy atom. The van der Waals surface area contributed by atoms with Crippen LogP contribution in [0.1, 0.15) is 36.5 Å². The predicted octanol–water partition coefficient (Wildman–Crippen LogP) is 11.6. The number of imidazole rings is 1. The zero-order valence-corrected chi connectivity index (χ0v) is 25.9. The highest BCUT2D eigenvalue weighted by Crippen LogP contribution is 2.46. The Morgan fingerprint density at radius 2 is 1.41 bits per heavy atom. The summed E-state index contributed by atoms with van der Waals surface area (Å²) < 4.78 is 2.34. The van der Waals surface area contributed by atoms with E-state index < -0.39 is 0 Å². The van der Waals surface area contributed by atoms with E-state index >= 15 is 0 Å². The molecular formula is C44H34N2. The van der Waals surface area contributed by atoms with Gasteiger partial charge in [0, 0.05) is 11.3 Å². The van der Waals surface area contributed by atoms with Crippen molar-refractivity contribution < 1.29 is 0 Å². The van der Waals surface area contributed by atoms with Gasteiger partial charge in [0.2, 0.25) is 0 Å². The van der Waals surface area contributed by atoms with Gasteiger partial charge >= 0.3 is 0 Å². The second-order valence-corrected chi connectivity index (χ2v) is 12.7. The molecule has 9 rings (SSSR count). The lowest BCUT2D eigenvalue weighted by Crippen LogP contribution is -2.05. The molecule has 0 bridgehead atoms. The van der Waals surface area contributed by atoms with Crippen molar-refractivity contribution >= 4 is 44.2 Å². The van der Waals surface area contributed by atoms with Crippen molar-refractivity contribution in [2.75, 3.05) is 0 Å². The fourth-order valence-corrected chi connectivity index (χ4v) is 7.51. The number of nitrogens with zero attached hydrogens (tertiary/aromatic N) is 2. The fraction of sp³-hybridized carbons (Fsp3) is 0.114. The molecule has 2 aliphatic rings. The summed E-state index contributed by atoms with van der Waals surface area (Å²) in [6, 6.07) is 42.0. The first-order valence-electron chi connectivity index (χ1n) is 16.4. The topological polar surface area (TPSA) is 17.8 Å². The average Bonchev–Trinajstić information content (AvgIpc) is 3.50. The molecule has 0 fully saturated rings. The maximum Gasteiger partial charge on any atom is 0.146 e. The van der Waals surface area contributed by atoms with Crippen LogP contribution in [0.2, 0.25) is 0 Å². The minimum Gasteiger partial charge on any atom is -0.292 e. The molecule has 0 radical (unpaired) electrons. The van der Waals surface area contributed by atoms with Crippen LogP contribution in [-0.4, -0.2) is 9.55 Å². The molecule has 1 unspecified atom stereocenters. The van der Waals surface area contributed by atoms with E-state index in [0.29, 0.717) is 5.92 Å². The Bertz CT molecular complexity index is 2400. The van der Waals surface area contributed by atoms with Gasteiger partial charge < -0.3 is 0 Å². The van der Waals surface area contributed by atoms with E-state index in [1.165, 1.54) is 60.5 Å². The van der Waals surface area contributed by atoms with Gasteiger partial charge in [-0.3, -0.25) is 4.57 Å². The molecule has 0 aliphatic heterocycles. The molecule has 2 nitrogen and oxygen atoms in total. The number of rotatable bonds is 4. The van der Waals surface area contributed by atoms with E-state index in [1.807, 2.05) is 0 Å². The number of allylic oxidation sites excluding steroid dienone is 5. The first-order valence-corrected chi connectivity index (χ1v) is 16.4. The summed E-state index contributed by atoms with van der Waals surface area (Å²) in [4.78, 5) is 5.33. The molecule has 46 heavy (non-hydrogen) atoms. The minimum absolute atomic E-state index is 0.617. The van der Waals surface area contributed by atoms with Gasteiger partial charge in [0.05, 0.1) is 11.0 Å². The summed E-state index contributed by atoms with van der Waals surface area (Å²) in [7, 11) is 0. The molecule has 6 aromatic carbocycles. The lowest BCUT2D eigenvalue weighted by Gasteiger charge is -2.24. The monoisotopic (exact) mass is 590 g/mol. The Labute approximate surface area is 269 Å². The minimum atomic E-state index is 0.617. The lowest BCUT2D eigenvalue weighted by molar-refractivity contribution is 0.739. The van der Waals surface area contributed by atoms with Gasteiger partial charge in [0.1, 0.15) is 5.82 Å². The molecule has 0 spiro atoms. The van der Waals surface area contributed by atoms with Crippen molar-refractivity contribution in [2.24, 2.45) is 5.92 Å². The maximum absolute atomic E-state index is 5.33. The average molecular weight is 591 g/mol. The van der Waals surface area contributed by atoms with Gasteiger partial charge in [-0.2, -0.15) is 0 Å². The van der Waals surface area contributed by atoms with Crippen LogP contribution in [0.15, 0.2) is 140 Å². The van der Waals surface area contributed by atoms with Crippen LogP contribution < -0.4 is 0 Å². The van der Waals surface area contributed by atoms with Crippen LogP contribution in [-0.2, 0) is 6.42 Å². The maximum atomic E-state index is 5.33. The molecule has 0 saturated heterocycles. The number of aromatic nitrogens is 2. The zero-order valence-electron chi connectivity index (χ0n) is 25.9. The van der Waals surface area contributed by atoms with Crippen molar-refractivity contribution in [2.45, 2.75) is 26.2 Å². The molecule has 1 aromatic heterocycles. The van der Waals surface area contributed by atoms with Gasteiger partial charge in [0.15, 0.2) is 0 Å². The van der Waals surface area contributed by atoms with Crippen LogP contribution in [0.3, 0.4) is 0 Å². The van der Waals surface area contributed by atoms with E-state index in [9.17, 15) is 0 Å². The largest absolute Gasteiger partial charge is 0.292 e. The van der Waals surface area contributed by atoms with Gasteiger partial charge in [0.25, 0.3) is 0 Å². The summed E-state index contributed by atoms with van der Waals surface area (Å²) in [5.74, 6) is 1.61. The summed E-state index contributed by atoms with van der Waals surface area (Å²) in [5, 5.41) is 5.06. The van der Waals surface area contributed by atoms with E-state index in [2.05, 4.69) is 157 Å². The lowest BCUT2D eigenvalue weighted by atomic mass is 9.81. The predicted molar refractivity (Wildman–Crippen MR) is 195 cm³/mol. The number of fused-ring (bicyclic) bond motifs is 4. The molecule has 0 amide bonds. The summed E-state index contributed by atoms with van der Waals surface area (Å²) in [5.41, 5.74) is 12.4. The van der Waals surface area contributed by atoms with Crippen molar-refractivity contribution in [1.29, 1.82) is 0 Å². The molecule has 1 atom stereocenters. The number of hydrogen-bond donors (Lipinski definition) is 0. The van der Waals surface area contributed by atoms with Gasteiger partial charge in [-0.05, 0) is 117 Å². The molecular weight excluding hydrogens is 556 g/mol. The van der Waals surface area contributed by atoms with Crippen molar-refractivity contribution in [3.63, 3.8) is 0 Å². The third-order valence-electron chi connectivity index (χ3n) is 9.78. The zero-order chi connectivity index (χ0) is 30.6. The normalized spacial score (nSPS) is 15.8. The number of benzene rings is 6. The number of para-hydroxylation sites is 3. The van der Waals surface area contributed by atoms with E-state index in [4.69, 9.17) is 4.98 Å². The highest BCUT2D eigenvalue weighted by atomic mass is 15.1. The fourth-order valence-electron chi connectivity index (χ4n) is 7.51. The molecule has 7 aromatic rings. The molecule has 0 saturated carbocycles. The van der Waals surface area contributed by atoms with E-state index in [-0.39, 0.29) is 0 Å². The molecule has 2 heteroatoms. The van der Waals surface area contributed by atoms with Crippen molar-refractivity contribution in [3.8, 4) is 28.2 Å². The summed E-state index contributed by atoms with van der Waals surface area (Å²) in [6.45, 7) is 2.27. The van der Waals surface area contributed by atoms with Crippen LogP contribution in [0, 0.1) is 5.92 Å². The first kappa shape index (κ1) is 26.9. The van der Waals surface area contributed by atoms with Crippen LogP contribution >= 0.6 is 0 Å². The quantitative estimate of drug-likeness (QED) is 0.199. The van der Waals surface area contributed by atoms with Crippen LogP contribution in [0.5, 0.6) is 0 Å². The number of hydrogen-bond acceptors (Lipinski definition) is 1. The second kappa shape index (κ2) is 10.9. The highest BCUT2D eigenvalue weighted by Gasteiger charge is 2.25. The second-order valence-electron chi connectivity index (χ2n) is 12.7. The van der Waals surface area contributed by atoms with Crippen LogP contribution in [0.25, 0.3) is 72.4 Å². The standard InChI is InChI=1S/C44H34N2/c1-29-19-21-30(22-20-29)31-23-24-33-28-34(26-25-32(33)27-31)42-36-13-5-7-15-38(36)43(39-16-8-6-14-37(39)42)44-45-40-17-9-10-18-41(40)46(44)35-11-3-2-4-12-35/h2-5,7-13,15-19,21-29H,6,14,20H2,1H3. The Kier molecular flexibility index (Phi) is 6.35. The molecule has 1 heterocycles. The Morgan fingerprint density at radius 1 is 0.696 bits per heavy atom. The summed E-state index contributed by atoms with van der Waals surface area (Å²) >= 11 is 0. The Balaban J connectivity index is 1.28. The van der Waals surface area contributed by atoms with Crippen molar-refractivity contribution in [3.05, 3.63) is 156 Å². The SMILES string of the molecule is CC1C=CC(c2ccc3cc(-c4c5c(c(-c6nc7ccccc7n6-c6ccccc6)c6ccccc46)C=CCC5)ccc3c2)=CC1. The first-order chi connectivity index (χ1) is 22.7. The third-order valence-corrected chi connectivity index (χ3v) is 9.78. The summed E-state index contributed by atoms with van der Waals surface area (Å²) in [6.07, 6.45) is 14.8. The van der Waals surface area contributed by atoms with Gasteiger partial charge in [-0.15, -0.1) is 0 Å². The van der Waals surface area contributed by atoms with Crippen LogP contribution in [0.4, 0.5) is 0 Å². The van der Waals surface area contributed by atoms with E-state index in [0.717, 1.165) is 41.8 Å². The van der Waals surface area contributed by atoms with Gasteiger partial charge in [-0.1, -0.05) is 116 Å². The smallest absolute Gasteiger partial charge is 0.146 e.